The summed E-state index contributed by atoms with van der Waals surface area (Å²) >= 11 is 0. The molecule has 23 heavy (non-hydrogen) atoms. The fourth-order valence-corrected chi connectivity index (χ4v) is 2.70. The number of aromatic nitrogens is 1. The van der Waals surface area contributed by atoms with Crippen LogP contribution in [-0.4, -0.2) is 30.1 Å². The molecule has 0 saturated heterocycles. The zero-order chi connectivity index (χ0) is 17.0. The third kappa shape index (κ3) is 4.43. The number of pyridine rings is 1. The molecule has 1 aliphatic rings. The lowest BCUT2D eigenvalue weighted by molar-refractivity contribution is -0.185. The lowest BCUT2D eigenvalue weighted by atomic mass is 9.80. The first-order valence-corrected chi connectivity index (χ1v) is 7.23. The Morgan fingerprint density at radius 2 is 2.09 bits per heavy atom. The molecule has 1 amide bonds. The normalized spacial score (nSPS) is 21.6. The van der Waals surface area contributed by atoms with Crippen molar-refractivity contribution >= 4 is 17.7 Å². The van der Waals surface area contributed by atoms with Crippen molar-refractivity contribution in [3.63, 3.8) is 0 Å². The van der Waals surface area contributed by atoms with E-state index < -0.39 is 29.9 Å². The van der Waals surface area contributed by atoms with Crippen molar-refractivity contribution in [2.24, 2.45) is 11.8 Å². The standard InChI is InChI=1S/C15H17F3N2O3/c1-23-14(22)10-5-6-19-12(8-10)20-13(21)9-3-2-4-11(7-9)15(16,17)18/h5-6,8-9,11H,2-4,7H2,1H3,(H,19,20,21)/t9-,11+/m0/s1. The number of nitrogens with zero attached hydrogens (tertiary/aromatic N) is 1. The van der Waals surface area contributed by atoms with Crippen molar-refractivity contribution in [1.29, 1.82) is 0 Å². The number of anilines is 1. The minimum Gasteiger partial charge on any atom is -0.465 e. The molecule has 0 aliphatic heterocycles. The Hall–Kier alpha value is -2.12. The maximum Gasteiger partial charge on any atom is 0.391 e. The van der Waals surface area contributed by atoms with Gasteiger partial charge in [-0.25, -0.2) is 9.78 Å². The highest BCUT2D eigenvalue weighted by Gasteiger charge is 2.43. The van der Waals surface area contributed by atoms with Crippen LogP contribution in [0, 0.1) is 11.8 Å². The van der Waals surface area contributed by atoms with Gasteiger partial charge in [0.05, 0.1) is 18.6 Å². The fraction of sp³-hybridized carbons (Fsp3) is 0.533. The smallest absolute Gasteiger partial charge is 0.391 e. The highest BCUT2D eigenvalue weighted by Crippen LogP contribution is 2.40. The Balaban J connectivity index is 2.03. The molecule has 2 rings (SSSR count). The maximum absolute atomic E-state index is 12.8. The second-order valence-electron chi connectivity index (χ2n) is 5.51. The zero-order valence-electron chi connectivity index (χ0n) is 12.5. The van der Waals surface area contributed by atoms with Crippen LogP contribution in [0.3, 0.4) is 0 Å². The predicted octanol–water partition coefficient (Wildman–Crippen LogP) is 3.18. The molecule has 126 valence electrons. The molecule has 5 nitrogen and oxygen atoms in total. The van der Waals surface area contributed by atoms with E-state index in [2.05, 4.69) is 15.0 Å². The SMILES string of the molecule is COC(=O)c1ccnc(NC(=O)[C@H]2CCC[C@@H](C(F)(F)F)C2)c1. The van der Waals surface area contributed by atoms with Crippen LogP contribution >= 0.6 is 0 Å². The van der Waals surface area contributed by atoms with Gasteiger partial charge >= 0.3 is 12.1 Å². The van der Waals surface area contributed by atoms with Gasteiger partial charge in [-0.3, -0.25) is 4.79 Å². The number of nitrogens with one attached hydrogen (secondary N) is 1. The average Bonchev–Trinajstić information content (AvgIpc) is 2.53. The summed E-state index contributed by atoms with van der Waals surface area (Å²) in [6, 6.07) is 2.75. The molecule has 0 radical (unpaired) electrons. The number of halogens is 3. The van der Waals surface area contributed by atoms with Crippen LogP contribution in [-0.2, 0) is 9.53 Å². The minimum atomic E-state index is -4.28. The van der Waals surface area contributed by atoms with Gasteiger partial charge in [-0.15, -0.1) is 0 Å². The van der Waals surface area contributed by atoms with E-state index in [9.17, 15) is 22.8 Å². The molecule has 1 aliphatic carbocycles. The summed E-state index contributed by atoms with van der Waals surface area (Å²) in [5.74, 6) is -3.13. The Morgan fingerprint density at radius 1 is 1.35 bits per heavy atom. The van der Waals surface area contributed by atoms with Crippen molar-refractivity contribution < 1.29 is 27.5 Å². The van der Waals surface area contributed by atoms with Crippen molar-refractivity contribution in [3.05, 3.63) is 23.9 Å². The zero-order valence-corrected chi connectivity index (χ0v) is 12.5. The largest absolute Gasteiger partial charge is 0.465 e. The Morgan fingerprint density at radius 3 is 2.74 bits per heavy atom. The van der Waals surface area contributed by atoms with Gasteiger partial charge in [-0.1, -0.05) is 6.42 Å². The van der Waals surface area contributed by atoms with Crippen molar-refractivity contribution in [2.75, 3.05) is 12.4 Å². The second-order valence-corrected chi connectivity index (χ2v) is 5.51. The lowest BCUT2D eigenvalue weighted by Gasteiger charge is -2.29. The first-order valence-electron chi connectivity index (χ1n) is 7.23. The van der Waals surface area contributed by atoms with Gasteiger partial charge in [0.25, 0.3) is 0 Å². The number of hydrogen-bond donors (Lipinski definition) is 1. The van der Waals surface area contributed by atoms with Crippen LogP contribution in [0.5, 0.6) is 0 Å². The van der Waals surface area contributed by atoms with Crippen LogP contribution < -0.4 is 5.32 Å². The van der Waals surface area contributed by atoms with Crippen LogP contribution in [0.25, 0.3) is 0 Å². The number of alkyl halides is 3. The third-order valence-electron chi connectivity index (χ3n) is 3.94. The van der Waals surface area contributed by atoms with Crippen molar-refractivity contribution in [2.45, 2.75) is 31.9 Å². The van der Waals surface area contributed by atoms with Crippen LogP contribution in [0.4, 0.5) is 19.0 Å². The first kappa shape index (κ1) is 17.2. The fourth-order valence-electron chi connectivity index (χ4n) is 2.70. The van der Waals surface area contributed by atoms with Crippen molar-refractivity contribution in [3.8, 4) is 0 Å². The summed E-state index contributed by atoms with van der Waals surface area (Å²) in [5, 5.41) is 2.48. The quantitative estimate of drug-likeness (QED) is 0.864. The number of methoxy groups -OCH3 is 1. The number of hydrogen-bond acceptors (Lipinski definition) is 4. The molecule has 1 fully saturated rings. The number of carbonyl (C=O) groups is 2. The molecule has 2 atom stereocenters. The van der Waals surface area contributed by atoms with Gasteiger partial charge in [-0.2, -0.15) is 13.2 Å². The molecule has 1 heterocycles. The molecule has 0 spiro atoms. The Bertz CT molecular complexity index is 590. The third-order valence-corrected chi connectivity index (χ3v) is 3.94. The van der Waals surface area contributed by atoms with E-state index in [1.54, 1.807) is 0 Å². The molecule has 1 N–H and O–H groups in total. The van der Waals surface area contributed by atoms with Crippen molar-refractivity contribution in [1.82, 2.24) is 4.98 Å². The van der Waals surface area contributed by atoms with Gasteiger partial charge in [0.2, 0.25) is 5.91 Å². The summed E-state index contributed by atoms with van der Waals surface area (Å²) < 4.78 is 42.9. The average molecular weight is 330 g/mol. The molecule has 0 bridgehead atoms. The number of rotatable bonds is 3. The first-order chi connectivity index (χ1) is 10.8. The summed E-state index contributed by atoms with van der Waals surface area (Å²) in [6.07, 6.45) is -2.34. The molecule has 0 aromatic carbocycles. The number of amides is 1. The molecule has 1 saturated carbocycles. The van der Waals surface area contributed by atoms with E-state index in [-0.39, 0.29) is 24.2 Å². The summed E-state index contributed by atoms with van der Waals surface area (Å²) in [4.78, 5) is 27.5. The predicted molar refractivity (Wildman–Crippen MR) is 75.7 cm³/mol. The molecule has 1 aromatic heterocycles. The van der Waals surface area contributed by atoms with E-state index in [4.69, 9.17) is 0 Å². The topological polar surface area (TPSA) is 68.3 Å². The van der Waals surface area contributed by atoms with Gasteiger partial charge in [0.15, 0.2) is 0 Å². The minimum absolute atomic E-state index is 0.0589. The Labute approximate surface area is 131 Å². The summed E-state index contributed by atoms with van der Waals surface area (Å²) in [5.41, 5.74) is 0.203. The lowest BCUT2D eigenvalue weighted by Crippen LogP contribution is -2.34. The second kappa shape index (κ2) is 6.97. The number of esters is 1. The van der Waals surface area contributed by atoms with Gasteiger partial charge in [0, 0.05) is 12.1 Å². The summed E-state index contributed by atoms with van der Waals surface area (Å²) in [6.45, 7) is 0. The van der Waals surface area contributed by atoms with Gasteiger partial charge in [0.1, 0.15) is 5.82 Å². The molecule has 0 unspecified atom stereocenters. The van der Waals surface area contributed by atoms with Crippen LogP contribution in [0.15, 0.2) is 18.3 Å². The van der Waals surface area contributed by atoms with Crippen LogP contribution in [0.1, 0.15) is 36.0 Å². The van der Waals surface area contributed by atoms with E-state index in [1.165, 1.54) is 25.4 Å². The van der Waals surface area contributed by atoms with Crippen LogP contribution in [0.2, 0.25) is 0 Å². The van der Waals surface area contributed by atoms with Gasteiger partial charge < -0.3 is 10.1 Å². The molecule has 1 aromatic rings. The van der Waals surface area contributed by atoms with E-state index in [0.29, 0.717) is 12.8 Å². The number of carbonyl (C=O) groups excluding carboxylic acids is 2. The molecular formula is C15H17F3N2O3. The highest BCUT2D eigenvalue weighted by atomic mass is 19.4. The Kier molecular flexibility index (Phi) is 5.23. The molecular weight excluding hydrogens is 313 g/mol. The monoisotopic (exact) mass is 330 g/mol. The molecule has 8 heteroatoms. The van der Waals surface area contributed by atoms with E-state index in [0.717, 1.165) is 0 Å². The van der Waals surface area contributed by atoms with E-state index >= 15 is 0 Å². The number of ether oxygens (including phenoxy) is 1. The van der Waals surface area contributed by atoms with Gasteiger partial charge in [-0.05, 0) is 31.4 Å². The summed E-state index contributed by atoms with van der Waals surface area (Å²) in [7, 11) is 1.22. The highest BCUT2D eigenvalue weighted by molar-refractivity contribution is 5.94. The maximum atomic E-state index is 12.8. The van der Waals surface area contributed by atoms with E-state index in [1.807, 2.05) is 0 Å².